The van der Waals surface area contributed by atoms with Gasteiger partial charge in [0.25, 0.3) is 0 Å². The van der Waals surface area contributed by atoms with Gasteiger partial charge in [-0.15, -0.1) is 0 Å². The fourth-order valence-electron chi connectivity index (χ4n) is 3.20. The van der Waals surface area contributed by atoms with Crippen molar-refractivity contribution >= 4 is 35.6 Å². The predicted molar refractivity (Wildman–Crippen MR) is 127 cm³/mol. The highest BCUT2D eigenvalue weighted by Gasteiger charge is 2.32. The topological polar surface area (TPSA) is 245 Å². The SMILES string of the molecule is CC(O)C(NC(=O)C(CCC(=O)O)NC(=O)C(Cc1ccccc1)NC(=O)C(N)CCC(=O)O)C(=O)O. The molecule has 3 amide bonds. The van der Waals surface area contributed by atoms with Crippen LogP contribution in [-0.4, -0.2) is 86.3 Å². The van der Waals surface area contributed by atoms with Gasteiger partial charge in [0.1, 0.15) is 12.1 Å². The number of nitrogens with two attached hydrogens (primary N) is 1. The standard InChI is InChI=1S/C23H32N4O10/c1-12(28)19(23(36)37)27-21(34)15(8-10-18(31)32)25-22(35)16(11-13-5-3-2-4-6-13)26-20(33)14(24)7-9-17(29)30/h2-6,12,14-16,19,28H,7-11,24H2,1H3,(H,25,35)(H,26,33)(H,27,34)(H,29,30)(H,31,32)(H,36,37). The minimum absolute atomic E-state index is 0.0528. The number of rotatable bonds is 16. The molecule has 1 aromatic carbocycles. The Hall–Kier alpha value is -4.04. The van der Waals surface area contributed by atoms with Gasteiger partial charge >= 0.3 is 17.9 Å². The number of carbonyl (C=O) groups is 6. The number of amides is 3. The number of carboxylic acids is 3. The first-order valence-corrected chi connectivity index (χ1v) is 11.4. The number of carboxylic acid groups (broad SMARTS) is 3. The van der Waals surface area contributed by atoms with E-state index in [1.165, 1.54) is 0 Å². The van der Waals surface area contributed by atoms with E-state index in [9.17, 15) is 39.0 Å². The molecule has 204 valence electrons. The fraction of sp³-hybridized carbons (Fsp3) is 0.478. The van der Waals surface area contributed by atoms with Gasteiger partial charge in [-0.1, -0.05) is 30.3 Å². The van der Waals surface area contributed by atoms with E-state index < -0.39 is 78.7 Å². The third-order valence-corrected chi connectivity index (χ3v) is 5.25. The summed E-state index contributed by atoms with van der Waals surface area (Å²) in [4.78, 5) is 71.5. The van der Waals surface area contributed by atoms with Crippen LogP contribution in [0.4, 0.5) is 0 Å². The smallest absolute Gasteiger partial charge is 0.328 e. The molecule has 0 heterocycles. The summed E-state index contributed by atoms with van der Waals surface area (Å²) >= 11 is 0. The molecule has 1 rings (SSSR count). The van der Waals surface area contributed by atoms with Gasteiger partial charge in [0.15, 0.2) is 6.04 Å². The average molecular weight is 525 g/mol. The highest BCUT2D eigenvalue weighted by molar-refractivity contribution is 5.94. The number of carbonyl (C=O) groups excluding carboxylic acids is 3. The molecule has 0 bridgehead atoms. The summed E-state index contributed by atoms with van der Waals surface area (Å²) in [6.07, 6.45) is -3.09. The maximum absolute atomic E-state index is 13.1. The number of aliphatic hydroxyl groups is 1. The number of aliphatic carboxylic acids is 3. The van der Waals surface area contributed by atoms with Crippen LogP contribution >= 0.6 is 0 Å². The van der Waals surface area contributed by atoms with Crippen LogP contribution in [0.2, 0.25) is 0 Å². The maximum Gasteiger partial charge on any atom is 0.328 e. The van der Waals surface area contributed by atoms with Crippen molar-refractivity contribution < 1.29 is 49.2 Å². The van der Waals surface area contributed by atoms with E-state index in [-0.39, 0.29) is 19.3 Å². The van der Waals surface area contributed by atoms with E-state index in [1.807, 2.05) is 0 Å². The molecule has 37 heavy (non-hydrogen) atoms. The van der Waals surface area contributed by atoms with Gasteiger partial charge < -0.3 is 42.1 Å². The van der Waals surface area contributed by atoms with Crippen molar-refractivity contribution in [1.29, 1.82) is 0 Å². The quantitative estimate of drug-likeness (QED) is 0.120. The number of hydrogen-bond acceptors (Lipinski definition) is 8. The molecule has 0 aliphatic heterocycles. The molecule has 9 N–H and O–H groups in total. The molecule has 0 aromatic heterocycles. The van der Waals surface area contributed by atoms with Gasteiger partial charge in [0, 0.05) is 19.3 Å². The lowest BCUT2D eigenvalue weighted by molar-refractivity contribution is -0.145. The molecule has 0 aliphatic carbocycles. The van der Waals surface area contributed by atoms with Crippen molar-refractivity contribution in [3.8, 4) is 0 Å². The second-order valence-corrected chi connectivity index (χ2v) is 8.35. The molecular formula is C23H32N4O10. The Labute approximate surface area is 212 Å². The van der Waals surface area contributed by atoms with Gasteiger partial charge in [0.05, 0.1) is 12.1 Å². The van der Waals surface area contributed by atoms with Crippen molar-refractivity contribution in [3.05, 3.63) is 35.9 Å². The van der Waals surface area contributed by atoms with Crippen molar-refractivity contribution in [2.75, 3.05) is 0 Å². The molecule has 0 aliphatic rings. The molecular weight excluding hydrogens is 492 g/mol. The summed E-state index contributed by atoms with van der Waals surface area (Å²) in [5.41, 5.74) is 6.35. The van der Waals surface area contributed by atoms with E-state index in [4.69, 9.17) is 15.9 Å². The van der Waals surface area contributed by atoms with Crippen molar-refractivity contribution in [2.45, 2.75) is 69.3 Å². The van der Waals surface area contributed by atoms with Crippen LogP contribution in [0.1, 0.15) is 38.2 Å². The third-order valence-electron chi connectivity index (χ3n) is 5.25. The summed E-state index contributed by atoms with van der Waals surface area (Å²) in [5, 5.41) is 43.5. The van der Waals surface area contributed by atoms with Crippen LogP contribution < -0.4 is 21.7 Å². The molecule has 5 unspecified atom stereocenters. The largest absolute Gasteiger partial charge is 0.481 e. The van der Waals surface area contributed by atoms with Gasteiger partial charge in [-0.25, -0.2) is 4.79 Å². The number of nitrogens with one attached hydrogen (secondary N) is 3. The first-order chi connectivity index (χ1) is 17.3. The Morgan fingerprint density at radius 2 is 1.30 bits per heavy atom. The van der Waals surface area contributed by atoms with Crippen LogP contribution in [0, 0.1) is 0 Å². The average Bonchev–Trinajstić information content (AvgIpc) is 2.82. The third kappa shape index (κ3) is 11.5. The molecule has 0 saturated carbocycles. The first kappa shape index (κ1) is 31.0. The monoisotopic (exact) mass is 524 g/mol. The zero-order valence-corrected chi connectivity index (χ0v) is 20.1. The minimum Gasteiger partial charge on any atom is -0.481 e. The summed E-state index contributed by atoms with van der Waals surface area (Å²) in [7, 11) is 0. The van der Waals surface area contributed by atoms with Crippen LogP contribution in [0.3, 0.4) is 0 Å². The van der Waals surface area contributed by atoms with Gasteiger partial charge in [-0.3, -0.25) is 24.0 Å². The molecule has 0 spiro atoms. The predicted octanol–water partition coefficient (Wildman–Crippen LogP) is -1.79. The van der Waals surface area contributed by atoms with Crippen molar-refractivity contribution in [1.82, 2.24) is 16.0 Å². The molecule has 5 atom stereocenters. The lowest BCUT2D eigenvalue weighted by Crippen LogP contribution is -2.58. The Morgan fingerprint density at radius 1 is 0.784 bits per heavy atom. The van der Waals surface area contributed by atoms with Crippen LogP contribution in [0.25, 0.3) is 0 Å². The minimum atomic E-state index is -1.72. The van der Waals surface area contributed by atoms with Gasteiger partial charge in [-0.05, 0) is 25.3 Å². The molecule has 1 aromatic rings. The highest BCUT2D eigenvalue weighted by atomic mass is 16.4. The Bertz CT molecular complexity index is 970. The molecule has 0 saturated heterocycles. The van der Waals surface area contributed by atoms with Gasteiger partial charge in [-0.2, -0.15) is 0 Å². The fourth-order valence-corrected chi connectivity index (χ4v) is 3.20. The number of benzene rings is 1. The van der Waals surface area contributed by atoms with Crippen LogP contribution in [0.5, 0.6) is 0 Å². The number of hydrogen-bond donors (Lipinski definition) is 8. The van der Waals surface area contributed by atoms with Crippen LogP contribution in [0.15, 0.2) is 30.3 Å². The second-order valence-electron chi connectivity index (χ2n) is 8.35. The van der Waals surface area contributed by atoms with Gasteiger partial charge in [0.2, 0.25) is 17.7 Å². The first-order valence-electron chi connectivity index (χ1n) is 11.4. The zero-order valence-electron chi connectivity index (χ0n) is 20.1. The van der Waals surface area contributed by atoms with E-state index in [2.05, 4.69) is 16.0 Å². The summed E-state index contributed by atoms with van der Waals surface area (Å²) in [6.45, 7) is 1.13. The highest BCUT2D eigenvalue weighted by Crippen LogP contribution is 2.07. The Balaban J connectivity index is 3.12. The van der Waals surface area contributed by atoms with E-state index in [0.717, 1.165) is 6.92 Å². The lowest BCUT2D eigenvalue weighted by Gasteiger charge is -2.25. The van der Waals surface area contributed by atoms with Crippen molar-refractivity contribution in [3.63, 3.8) is 0 Å². The van der Waals surface area contributed by atoms with E-state index >= 15 is 0 Å². The number of aliphatic hydroxyl groups excluding tert-OH is 1. The molecule has 0 fully saturated rings. The zero-order chi connectivity index (χ0) is 28.1. The van der Waals surface area contributed by atoms with E-state index in [0.29, 0.717) is 5.56 Å². The Kier molecular flexibility index (Phi) is 12.7. The lowest BCUT2D eigenvalue weighted by atomic mass is 10.0. The van der Waals surface area contributed by atoms with Crippen LogP contribution in [-0.2, 0) is 35.2 Å². The Morgan fingerprint density at radius 3 is 1.81 bits per heavy atom. The summed E-state index contributed by atoms with van der Waals surface area (Å²) < 4.78 is 0. The molecule has 0 radical (unpaired) electrons. The maximum atomic E-state index is 13.1. The molecule has 14 nitrogen and oxygen atoms in total. The second kappa shape index (κ2) is 15.2. The van der Waals surface area contributed by atoms with Crippen molar-refractivity contribution in [2.24, 2.45) is 5.73 Å². The molecule has 14 heteroatoms. The normalized spacial score (nSPS) is 14.8. The summed E-state index contributed by atoms with van der Waals surface area (Å²) in [5.74, 6) is -6.75. The summed E-state index contributed by atoms with van der Waals surface area (Å²) in [6, 6.07) is 2.69. The van der Waals surface area contributed by atoms with E-state index in [1.54, 1.807) is 30.3 Å².